The van der Waals surface area contributed by atoms with Crippen LogP contribution in [0.3, 0.4) is 0 Å². The first-order chi connectivity index (χ1) is 7.40. The number of nitrogens with zero attached hydrogens (tertiary/aromatic N) is 2. The second-order valence-corrected chi connectivity index (χ2v) is 10.4. The van der Waals surface area contributed by atoms with Gasteiger partial charge in [-0.1, -0.05) is 26.2 Å². The maximum absolute atomic E-state index is 5.59. The summed E-state index contributed by atoms with van der Waals surface area (Å²) in [6.07, 6.45) is 1.72. The summed E-state index contributed by atoms with van der Waals surface area (Å²) in [5, 5.41) is 1.78. The van der Waals surface area contributed by atoms with Crippen molar-refractivity contribution in [2.24, 2.45) is 4.99 Å². The van der Waals surface area contributed by atoms with Crippen LogP contribution < -0.4 is 5.43 Å². The van der Waals surface area contributed by atoms with Gasteiger partial charge >= 0.3 is 0 Å². The van der Waals surface area contributed by atoms with E-state index >= 15 is 0 Å². The Labute approximate surface area is 100 Å². The number of ether oxygens (including phenoxy) is 1. The van der Waals surface area contributed by atoms with Gasteiger partial charge in [0.05, 0.1) is 0 Å². The van der Waals surface area contributed by atoms with E-state index in [-0.39, 0.29) is 0 Å². The van der Waals surface area contributed by atoms with Gasteiger partial charge in [-0.15, -0.1) is 0 Å². The quantitative estimate of drug-likeness (QED) is 0.234. The van der Waals surface area contributed by atoms with E-state index in [1.807, 2.05) is 14.0 Å². The minimum absolute atomic E-state index is 0.483. The minimum Gasteiger partial charge on any atom is -0.360 e. The number of nitrogens with one attached hydrogen (secondary N) is 1. The van der Waals surface area contributed by atoms with Gasteiger partial charge in [-0.25, -0.2) is 10.4 Å². The minimum atomic E-state index is -0.998. The Kier molecular flexibility index (Phi) is 7.28. The summed E-state index contributed by atoms with van der Waals surface area (Å²) in [7, 11) is 0.834. The molecule has 0 radical (unpaired) electrons. The molecule has 0 unspecified atom stereocenters. The van der Waals surface area contributed by atoms with E-state index in [9.17, 15) is 0 Å². The molecule has 0 heterocycles. The summed E-state index contributed by atoms with van der Waals surface area (Å²) in [4.78, 5) is 4.10. The highest BCUT2D eigenvalue weighted by atomic mass is 28.3. The molecule has 0 atom stereocenters. The van der Waals surface area contributed by atoms with Crippen LogP contribution >= 0.6 is 0 Å². The van der Waals surface area contributed by atoms with Crippen LogP contribution in [0.5, 0.6) is 0 Å². The molecule has 94 valence electrons. The summed E-state index contributed by atoms with van der Waals surface area (Å²) in [5.41, 5.74) is 2.99. The smallest absolute Gasteiger partial charge is 0.137 e. The van der Waals surface area contributed by atoms with Crippen LogP contribution in [0.2, 0.25) is 25.7 Å². The normalized spacial score (nSPS) is 12.1. The van der Waals surface area contributed by atoms with E-state index in [0.717, 1.165) is 6.61 Å². The number of aliphatic imine (C=N–C) groups is 1. The molecule has 0 bridgehead atoms. The molecule has 0 spiro atoms. The van der Waals surface area contributed by atoms with Gasteiger partial charge in [0, 0.05) is 27.9 Å². The van der Waals surface area contributed by atoms with Crippen molar-refractivity contribution in [1.82, 2.24) is 10.4 Å². The highest BCUT2D eigenvalue weighted by Gasteiger charge is 2.12. The number of hydrogen-bond acceptors (Lipinski definition) is 4. The molecular formula is C11H25N3OSi. The zero-order valence-electron chi connectivity index (χ0n) is 11.2. The Balaban J connectivity index is 3.84. The highest BCUT2D eigenvalue weighted by Crippen LogP contribution is 2.08. The lowest BCUT2D eigenvalue weighted by Gasteiger charge is -2.23. The van der Waals surface area contributed by atoms with Crippen molar-refractivity contribution in [3.63, 3.8) is 0 Å². The first kappa shape index (κ1) is 15.3. The molecule has 0 amide bonds. The Morgan fingerprint density at radius 2 is 2.12 bits per heavy atom. The van der Waals surface area contributed by atoms with Crippen LogP contribution in [0.4, 0.5) is 0 Å². The Hall–Kier alpha value is -0.653. The summed E-state index contributed by atoms with van der Waals surface area (Å²) in [6, 6.07) is 1.17. The molecular weight excluding hydrogens is 218 g/mol. The van der Waals surface area contributed by atoms with Crippen LogP contribution in [0.1, 0.15) is 6.92 Å². The number of rotatable bonds is 8. The molecule has 0 aliphatic rings. The van der Waals surface area contributed by atoms with Crippen molar-refractivity contribution in [3.8, 4) is 0 Å². The Bertz CT molecular complexity index is 236. The van der Waals surface area contributed by atoms with Crippen molar-refractivity contribution >= 4 is 14.3 Å². The van der Waals surface area contributed by atoms with Gasteiger partial charge in [0.15, 0.2) is 0 Å². The van der Waals surface area contributed by atoms with Gasteiger partial charge in [-0.05, 0) is 13.0 Å². The molecule has 16 heavy (non-hydrogen) atoms. The first-order valence-corrected chi connectivity index (χ1v) is 9.31. The average molecular weight is 243 g/mol. The molecule has 0 aliphatic heterocycles. The molecule has 0 saturated carbocycles. The van der Waals surface area contributed by atoms with Crippen molar-refractivity contribution < 1.29 is 4.74 Å². The molecule has 0 rings (SSSR count). The fourth-order valence-electron chi connectivity index (χ4n) is 1.02. The summed E-state index contributed by atoms with van der Waals surface area (Å²) in [6.45, 7) is 14.0. The SMILES string of the molecule is C=C(/N=C\C)N(COCC[Si](C)(C)C)NC. The second kappa shape index (κ2) is 7.59. The van der Waals surface area contributed by atoms with E-state index in [0.29, 0.717) is 12.6 Å². The van der Waals surface area contributed by atoms with Crippen molar-refractivity contribution in [2.75, 3.05) is 20.4 Å². The molecule has 1 N–H and O–H groups in total. The zero-order valence-corrected chi connectivity index (χ0v) is 12.2. The van der Waals surface area contributed by atoms with Gasteiger partial charge in [-0.3, -0.25) is 5.01 Å². The first-order valence-electron chi connectivity index (χ1n) is 5.61. The van der Waals surface area contributed by atoms with E-state index < -0.39 is 8.07 Å². The summed E-state index contributed by atoms with van der Waals surface area (Å²) >= 11 is 0. The number of hydrazine groups is 1. The van der Waals surface area contributed by atoms with E-state index in [1.165, 1.54) is 6.04 Å². The third-order valence-electron chi connectivity index (χ3n) is 2.08. The molecule has 5 heteroatoms. The van der Waals surface area contributed by atoms with Crippen LogP contribution in [-0.2, 0) is 4.74 Å². The second-order valence-electron chi connectivity index (χ2n) is 4.80. The Morgan fingerprint density at radius 3 is 2.56 bits per heavy atom. The van der Waals surface area contributed by atoms with Gasteiger partial charge in [0.25, 0.3) is 0 Å². The van der Waals surface area contributed by atoms with Crippen LogP contribution in [0.15, 0.2) is 17.4 Å². The average Bonchev–Trinajstić information content (AvgIpc) is 2.16. The van der Waals surface area contributed by atoms with Crippen molar-refractivity contribution in [2.45, 2.75) is 32.6 Å². The summed E-state index contributed by atoms with van der Waals surface area (Å²) in [5.74, 6) is 0.665. The van der Waals surface area contributed by atoms with E-state index in [2.05, 4.69) is 36.6 Å². The van der Waals surface area contributed by atoms with E-state index in [4.69, 9.17) is 4.74 Å². The highest BCUT2D eigenvalue weighted by molar-refractivity contribution is 6.76. The molecule has 0 aromatic rings. The fourth-order valence-corrected chi connectivity index (χ4v) is 1.78. The van der Waals surface area contributed by atoms with Gasteiger partial charge < -0.3 is 4.74 Å². The van der Waals surface area contributed by atoms with Crippen LogP contribution in [0.25, 0.3) is 0 Å². The predicted molar refractivity (Wildman–Crippen MR) is 73.2 cm³/mol. The van der Waals surface area contributed by atoms with E-state index in [1.54, 1.807) is 11.2 Å². The van der Waals surface area contributed by atoms with Crippen molar-refractivity contribution in [3.05, 3.63) is 12.4 Å². The van der Waals surface area contributed by atoms with Gasteiger partial charge in [0.1, 0.15) is 12.6 Å². The van der Waals surface area contributed by atoms with Crippen molar-refractivity contribution in [1.29, 1.82) is 0 Å². The lowest BCUT2D eigenvalue weighted by atomic mass is 10.7. The Morgan fingerprint density at radius 1 is 1.50 bits per heavy atom. The zero-order chi connectivity index (χ0) is 12.6. The standard InChI is InChI=1S/C11H25N3OSi/c1-7-13-11(2)14(12-3)10-15-8-9-16(4,5)6/h7,12H,2,8-10H2,1,3-6H3/b13-7-. The van der Waals surface area contributed by atoms with Gasteiger partial charge in [-0.2, -0.15) is 0 Å². The summed E-state index contributed by atoms with van der Waals surface area (Å²) < 4.78 is 5.59. The third-order valence-corrected chi connectivity index (χ3v) is 3.78. The predicted octanol–water partition coefficient (Wildman–Crippen LogP) is 2.30. The number of hydrogen-bond donors (Lipinski definition) is 1. The van der Waals surface area contributed by atoms with Crippen LogP contribution in [-0.4, -0.2) is 39.7 Å². The lowest BCUT2D eigenvalue weighted by molar-refractivity contribution is 0.0322. The lowest BCUT2D eigenvalue weighted by Crippen LogP contribution is -2.36. The maximum Gasteiger partial charge on any atom is 0.137 e. The monoisotopic (exact) mass is 243 g/mol. The molecule has 0 saturated heterocycles. The molecule has 0 aromatic carbocycles. The molecule has 0 aromatic heterocycles. The van der Waals surface area contributed by atoms with Crippen LogP contribution in [0, 0.1) is 0 Å². The fraction of sp³-hybridized carbons (Fsp3) is 0.727. The maximum atomic E-state index is 5.59. The third kappa shape index (κ3) is 7.61. The molecule has 4 nitrogen and oxygen atoms in total. The molecule has 0 fully saturated rings. The molecule has 0 aliphatic carbocycles. The van der Waals surface area contributed by atoms with Gasteiger partial charge in [0.2, 0.25) is 0 Å². The topological polar surface area (TPSA) is 36.9 Å². The largest absolute Gasteiger partial charge is 0.360 e.